The smallest absolute Gasteiger partial charge is 0.257 e. The second-order valence-electron chi connectivity index (χ2n) is 6.95. The topological polar surface area (TPSA) is 54.3 Å². The maximum absolute atomic E-state index is 12.8. The summed E-state index contributed by atoms with van der Waals surface area (Å²) in [4.78, 5) is 21.2. The summed E-state index contributed by atoms with van der Waals surface area (Å²) in [6, 6.07) is 11.7. The summed E-state index contributed by atoms with van der Waals surface area (Å²) >= 11 is 6.21. The zero-order chi connectivity index (χ0) is 19.3. The van der Waals surface area contributed by atoms with Crippen molar-refractivity contribution < 1.29 is 4.79 Å². The summed E-state index contributed by atoms with van der Waals surface area (Å²) < 4.78 is 1.76. The lowest BCUT2D eigenvalue weighted by molar-refractivity contribution is 0.0628. The van der Waals surface area contributed by atoms with Gasteiger partial charge in [-0.15, -0.1) is 0 Å². The second kappa shape index (κ2) is 8.54. The minimum absolute atomic E-state index is 0.0337. The summed E-state index contributed by atoms with van der Waals surface area (Å²) in [5.74, 6) is 0.0337. The van der Waals surface area contributed by atoms with Crippen LogP contribution in [-0.2, 0) is 13.1 Å². The fraction of sp³-hybridized carbons (Fsp3) is 0.286. The number of hydrogen-bond acceptors (Lipinski definition) is 4. The van der Waals surface area contributed by atoms with Crippen molar-refractivity contribution in [1.82, 2.24) is 24.6 Å². The number of nitrogens with zero attached hydrogens (tertiary/aromatic N) is 5. The lowest BCUT2D eigenvalue weighted by atomic mass is 10.2. The number of carbonyl (C=O) groups excluding carboxylic acids is 1. The molecule has 0 radical (unpaired) electrons. The third-order valence-electron chi connectivity index (χ3n) is 4.96. The molecule has 6 nitrogen and oxygen atoms in total. The Morgan fingerprint density at radius 3 is 2.57 bits per heavy atom. The lowest BCUT2D eigenvalue weighted by Crippen LogP contribution is -2.48. The van der Waals surface area contributed by atoms with E-state index in [1.54, 1.807) is 23.3 Å². The van der Waals surface area contributed by atoms with E-state index in [4.69, 9.17) is 11.6 Å². The number of rotatable bonds is 5. The van der Waals surface area contributed by atoms with E-state index in [0.29, 0.717) is 17.1 Å². The Labute approximate surface area is 169 Å². The van der Waals surface area contributed by atoms with E-state index in [-0.39, 0.29) is 5.91 Å². The van der Waals surface area contributed by atoms with Crippen LogP contribution in [0.25, 0.3) is 0 Å². The minimum Gasteiger partial charge on any atom is -0.336 e. The molecule has 1 aliphatic rings. The highest BCUT2D eigenvalue weighted by Crippen LogP contribution is 2.17. The monoisotopic (exact) mass is 395 g/mol. The van der Waals surface area contributed by atoms with Gasteiger partial charge in [0.05, 0.1) is 18.3 Å². The molecule has 0 atom stereocenters. The zero-order valence-corrected chi connectivity index (χ0v) is 16.3. The first-order chi connectivity index (χ1) is 13.7. The third-order valence-corrected chi connectivity index (χ3v) is 5.33. The van der Waals surface area contributed by atoms with Crippen molar-refractivity contribution in [3.05, 3.63) is 82.9 Å². The van der Waals surface area contributed by atoms with Crippen LogP contribution in [0, 0.1) is 0 Å². The molecular weight excluding hydrogens is 374 g/mol. The van der Waals surface area contributed by atoms with Gasteiger partial charge in [0, 0.05) is 56.3 Å². The van der Waals surface area contributed by atoms with Crippen molar-refractivity contribution in [1.29, 1.82) is 0 Å². The van der Waals surface area contributed by atoms with E-state index in [0.717, 1.165) is 38.3 Å². The molecule has 144 valence electrons. The highest BCUT2D eigenvalue weighted by atomic mass is 35.5. The average Bonchev–Trinajstić information content (AvgIpc) is 3.19. The quantitative estimate of drug-likeness (QED) is 0.666. The van der Waals surface area contributed by atoms with Gasteiger partial charge in [0.2, 0.25) is 0 Å². The van der Waals surface area contributed by atoms with Crippen LogP contribution >= 0.6 is 11.6 Å². The number of hydrogen-bond donors (Lipinski definition) is 0. The van der Waals surface area contributed by atoms with E-state index in [9.17, 15) is 4.79 Å². The SMILES string of the molecule is O=C(c1cnn(Cc2ccccc2Cl)c1)N1CCN(Cc2cccnc2)CC1. The Kier molecular flexibility index (Phi) is 5.69. The summed E-state index contributed by atoms with van der Waals surface area (Å²) in [7, 11) is 0. The normalized spacial score (nSPS) is 15.0. The van der Waals surface area contributed by atoms with E-state index in [1.165, 1.54) is 5.56 Å². The zero-order valence-electron chi connectivity index (χ0n) is 15.5. The van der Waals surface area contributed by atoms with Crippen molar-refractivity contribution >= 4 is 17.5 Å². The van der Waals surface area contributed by atoms with Gasteiger partial charge in [-0.25, -0.2) is 0 Å². The lowest BCUT2D eigenvalue weighted by Gasteiger charge is -2.34. The van der Waals surface area contributed by atoms with Crippen LogP contribution in [0.2, 0.25) is 5.02 Å². The second-order valence-corrected chi connectivity index (χ2v) is 7.35. The standard InChI is InChI=1S/C21H22ClN5O/c22-20-6-2-1-5-18(20)15-27-16-19(13-24-27)21(28)26-10-8-25(9-11-26)14-17-4-3-7-23-12-17/h1-7,12-13,16H,8-11,14-15H2. The number of halogens is 1. The van der Waals surface area contributed by atoms with Crippen molar-refractivity contribution in [2.75, 3.05) is 26.2 Å². The summed E-state index contributed by atoms with van der Waals surface area (Å²) in [6.07, 6.45) is 7.12. The Balaban J connectivity index is 1.33. The molecule has 0 bridgehead atoms. The maximum Gasteiger partial charge on any atom is 0.257 e. The molecule has 0 N–H and O–H groups in total. The Morgan fingerprint density at radius 2 is 1.82 bits per heavy atom. The molecule has 0 aliphatic carbocycles. The van der Waals surface area contributed by atoms with E-state index in [1.807, 2.05) is 41.4 Å². The molecular formula is C21H22ClN5O. The summed E-state index contributed by atoms with van der Waals surface area (Å²) in [5, 5.41) is 5.04. The van der Waals surface area contributed by atoms with Gasteiger partial charge in [-0.3, -0.25) is 19.4 Å². The first kappa shape index (κ1) is 18.7. The number of carbonyl (C=O) groups is 1. The van der Waals surface area contributed by atoms with E-state index in [2.05, 4.69) is 21.0 Å². The largest absolute Gasteiger partial charge is 0.336 e. The highest BCUT2D eigenvalue weighted by molar-refractivity contribution is 6.31. The molecule has 3 heterocycles. The number of aromatic nitrogens is 3. The fourth-order valence-corrected chi connectivity index (χ4v) is 3.60. The molecule has 28 heavy (non-hydrogen) atoms. The predicted octanol–water partition coefficient (Wildman–Crippen LogP) is 2.94. The van der Waals surface area contributed by atoms with Gasteiger partial charge in [-0.2, -0.15) is 5.10 Å². The van der Waals surface area contributed by atoms with Crippen molar-refractivity contribution in [2.24, 2.45) is 0 Å². The molecule has 1 saturated heterocycles. The van der Waals surface area contributed by atoms with Crippen molar-refractivity contribution in [3.63, 3.8) is 0 Å². The van der Waals surface area contributed by atoms with Gasteiger partial charge in [0.25, 0.3) is 5.91 Å². The van der Waals surface area contributed by atoms with Crippen LogP contribution in [0.3, 0.4) is 0 Å². The maximum atomic E-state index is 12.8. The fourth-order valence-electron chi connectivity index (χ4n) is 3.40. The third kappa shape index (κ3) is 4.40. The number of amides is 1. The number of pyridine rings is 1. The van der Waals surface area contributed by atoms with Crippen LogP contribution in [0.4, 0.5) is 0 Å². The van der Waals surface area contributed by atoms with Gasteiger partial charge < -0.3 is 4.90 Å². The van der Waals surface area contributed by atoms with Crippen LogP contribution in [-0.4, -0.2) is 56.7 Å². The molecule has 2 aromatic heterocycles. The molecule has 1 amide bonds. The van der Waals surface area contributed by atoms with Gasteiger partial charge >= 0.3 is 0 Å². The first-order valence-electron chi connectivity index (χ1n) is 9.35. The first-order valence-corrected chi connectivity index (χ1v) is 9.73. The van der Waals surface area contributed by atoms with Gasteiger partial charge in [0.15, 0.2) is 0 Å². The molecule has 0 spiro atoms. The molecule has 3 aromatic rings. The summed E-state index contributed by atoms with van der Waals surface area (Å²) in [5.41, 5.74) is 2.80. The molecule has 0 unspecified atom stereocenters. The van der Waals surface area contributed by atoms with Gasteiger partial charge in [-0.05, 0) is 23.3 Å². The molecule has 4 rings (SSSR count). The highest BCUT2D eigenvalue weighted by Gasteiger charge is 2.23. The van der Waals surface area contributed by atoms with Gasteiger partial charge in [0.1, 0.15) is 0 Å². The van der Waals surface area contributed by atoms with Crippen LogP contribution in [0.15, 0.2) is 61.2 Å². The van der Waals surface area contributed by atoms with E-state index < -0.39 is 0 Å². The number of benzene rings is 1. The predicted molar refractivity (Wildman–Crippen MR) is 108 cm³/mol. The Hall–Kier alpha value is -2.70. The Bertz CT molecular complexity index is 935. The Morgan fingerprint density at radius 1 is 1.00 bits per heavy atom. The van der Waals surface area contributed by atoms with Crippen molar-refractivity contribution in [2.45, 2.75) is 13.1 Å². The van der Waals surface area contributed by atoms with Crippen LogP contribution in [0.5, 0.6) is 0 Å². The van der Waals surface area contributed by atoms with E-state index >= 15 is 0 Å². The molecule has 0 saturated carbocycles. The molecule has 1 fully saturated rings. The minimum atomic E-state index is 0.0337. The molecule has 7 heteroatoms. The van der Waals surface area contributed by atoms with Gasteiger partial charge in [-0.1, -0.05) is 35.9 Å². The van der Waals surface area contributed by atoms with Crippen LogP contribution in [0.1, 0.15) is 21.5 Å². The average molecular weight is 396 g/mol. The molecule has 1 aromatic carbocycles. The van der Waals surface area contributed by atoms with Crippen LogP contribution < -0.4 is 0 Å². The van der Waals surface area contributed by atoms with Crippen molar-refractivity contribution in [3.8, 4) is 0 Å². The molecule has 1 aliphatic heterocycles. The number of piperazine rings is 1. The summed E-state index contributed by atoms with van der Waals surface area (Å²) in [6.45, 7) is 4.56.